The lowest BCUT2D eigenvalue weighted by atomic mass is 9.51. The summed E-state index contributed by atoms with van der Waals surface area (Å²) in [7, 11) is 0. The molecule has 204 valence electrons. The summed E-state index contributed by atoms with van der Waals surface area (Å²) in [6, 6.07) is 0. The van der Waals surface area contributed by atoms with Gasteiger partial charge >= 0.3 is 17.9 Å². The van der Waals surface area contributed by atoms with Crippen LogP contribution in [0.15, 0.2) is 58.7 Å². The number of hydrogen-bond donors (Lipinski definition) is 0. The first-order valence-corrected chi connectivity index (χ1v) is 13.9. The van der Waals surface area contributed by atoms with Crippen LogP contribution in [0, 0.1) is 28.6 Å². The van der Waals surface area contributed by atoms with E-state index in [9.17, 15) is 14.4 Å². The van der Waals surface area contributed by atoms with Gasteiger partial charge in [0.2, 0.25) is 0 Å². The fourth-order valence-corrected chi connectivity index (χ4v) is 8.05. The zero-order valence-electron chi connectivity index (χ0n) is 23.6. The van der Waals surface area contributed by atoms with E-state index in [1.807, 2.05) is 26.0 Å². The first-order valence-electron chi connectivity index (χ1n) is 13.9. The molecule has 6 heteroatoms. The number of hydrogen-bond acceptors (Lipinski definition) is 6. The van der Waals surface area contributed by atoms with Crippen LogP contribution < -0.4 is 0 Å². The molecule has 0 saturated heterocycles. The van der Waals surface area contributed by atoms with E-state index in [2.05, 4.69) is 39.0 Å². The number of ether oxygens (including phenoxy) is 3. The minimum absolute atomic E-state index is 0.0920. The van der Waals surface area contributed by atoms with Crippen LogP contribution in [0.5, 0.6) is 0 Å². The molecular weight excluding hydrogens is 480 g/mol. The largest absolute Gasteiger partial charge is 0.462 e. The van der Waals surface area contributed by atoms with Crippen LogP contribution in [-0.4, -0.2) is 35.7 Å². The Morgan fingerprint density at radius 1 is 1.13 bits per heavy atom. The van der Waals surface area contributed by atoms with Gasteiger partial charge in [-0.2, -0.15) is 0 Å². The molecule has 6 nitrogen and oxygen atoms in total. The standard InChI is InChI=1S/C32H40O6/c1-18-8-12-26(37-29(18)35)19(2)23-14-15-31(6)25-11-10-24-21(9-13-28(34)38-30(24,4)5)16-22(25)17-27(32(23,31)7)36-20(3)33/h8-11,13,16,19,23-24,26-27H,12,14-15,17H2,1-7H3/t19-,23+,24+,26-,27-,31-,32-/m0/s1. The molecule has 3 aliphatic carbocycles. The van der Waals surface area contributed by atoms with Crippen LogP contribution in [0.4, 0.5) is 0 Å². The van der Waals surface area contributed by atoms with Crippen LogP contribution in [0.1, 0.15) is 74.1 Å². The van der Waals surface area contributed by atoms with Gasteiger partial charge in [0.15, 0.2) is 0 Å². The summed E-state index contributed by atoms with van der Waals surface area (Å²) in [4.78, 5) is 37.0. The second kappa shape index (κ2) is 9.10. The van der Waals surface area contributed by atoms with Crippen LogP contribution in [0.3, 0.4) is 0 Å². The van der Waals surface area contributed by atoms with Gasteiger partial charge in [-0.15, -0.1) is 0 Å². The zero-order chi connectivity index (χ0) is 27.6. The lowest BCUT2D eigenvalue weighted by molar-refractivity contribution is -0.167. The van der Waals surface area contributed by atoms with E-state index in [-0.39, 0.29) is 58.7 Å². The number of fused-ring (bicyclic) bond motifs is 3. The topological polar surface area (TPSA) is 78.9 Å². The maximum absolute atomic E-state index is 12.4. The molecule has 1 fully saturated rings. The van der Waals surface area contributed by atoms with Crippen LogP contribution in [0.2, 0.25) is 0 Å². The van der Waals surface area contributed by atoms with Crippen molar-refractivity contribution in [3.63, 3.8) is 0 Å². The molecule has 1 saturated carbocycles. The van der Waals surface area contributed by atoms with Gasteiger partial charge in [0, 0.05) is 48.2 Å². The molecule has 2 aliphatic heterocycles. The van der Waals surface area contributed by atoms with Crippen molar-refractivity contribution in [1.29, 1.82) is 0 Å². The van der Waals surface area contributed by atoms with Gasteiger partial charge in [0.05, 0.1) is 0 Å². The summed E-state index contributed by atoms with van der Waals surface area (Å²) >= 11 is 0. The molecule has 0 radical (unpaired) electrons. The molecule has 0 bridgehead atoms. The average Bonchev–Trinajstić information content (AvgIpc) is 2.93. The quantitative estimate of drug-likeness (QED) is 0.338. The molecule has 5 rings (SSSR count). The van der Waals surface area contributed by atoms with Crippen molar-refractivity contribution in [3.8, 4) is 0 Å². The first-order chi connectivity index (χ1) is 17.8. The third-order valence-electron chi connectivity index (χ3n) is 10.4. The molecule has 0 amide bonds. The highest BCUT2D eigenvalue weighted by atomic mass is 16.6. The number of esters is 3. The summed E-state index contributed by atoms with van der Waals surface area (Å²) in [6.45, 7) is 14.0. The number of rotatable bonds is 3. The molecular formula is C32H40O6. The van der Waals surface area contributed by atoms with E-state index in [1.54, 1.807) is 6.92 Å². The van der Waals surface area contributed by atoms with Crippen LogP contribution in [-0.2, 0) is 28.6 Å². The van der Waals surface area contributed by atoms with Crippen molar-refractivity contribution < 1.29 is 28.6 Å². The van der Waals surface area contributed by atoms with Gasteiger partial charge in [-0.1, -0.05) is 51.2 Å². The van der Waals surface area contributed by atoms with Gasteiger partial charge in [0.25, 0.3) is 0 Å². The Bertz CT molecular complexity index is 1230. The van der Waals surface area contributed by atoms with Crippen molar-refractivity contribution >= 4 is 17.9 Å². The Hall–Kier alpha value is -2.89. The van der Waals surface area contributed by atoms with E-state index >= 15 is 0 Å². The highest BCUT2D eigenvalue weighted by molar-refractivity contribution is 5.88. The fraction of sp³-hybridized carbons (Fsp3) is 0.594. The van der Waals surface area contributed by atoms with Gasteiger partial charge in [-0.25, -0.2) is 9.59 Å². The Morgan fingerprint density at radius 3 is 2.55 bits per heavy atom. The van der Waals surface area contributed by atoms with Crippen molar-refractivity contribution in [2.75, 3.05) is 0 Å². The number of carbonyl (C=O) groups excluding carboxylic acids is 3. The van der Waals surface area contributed by atoms with Crippen molar-refractivity contribution in [3.05, 3.63) is 58.7 Å². The van der Waals surface area contributed by atoms with E-state index in [0.717, 1.165) is 24.0 Å². The lowest BCUT2D eigenvalue weighted by Crippen LogP contribution is -2.54. The molecule has 0 aromatic carbocycles. The Balaban J connectivity index is 1.59. The molecule has 0 aromatic rings. The van der Waals surface area contributed by atoms with E-state index in [4.69, 9.17) is 14.2 Å². The maximum atomic E-state index is 12.4. The first kappa shape index (κ1) is 26.7. The molecule has 7 atom stereocenters. The van der Waals surface area contributed by atoms with Gasteiger partial charge in [-0.05, 0) is 62.2 Å². The molecule has 0 spiro atoms. The normalized spacial score (nSPS) is 38.4. The third kappa shape index (κ3) is 4.02. The van der Waals surface area contributed by atoms with Gasteiger partial charge in [-0.3, -0.25) is 4.79 Å². The smallest absolute Gasteiger partial charge is 0.333 e. The van der Waals surface area contributed by atoms with Crippen molar-refractivity contribution in [2.24, 2.45) is 28.6 Å². The summed E-state index contributed by atoms with van der Waals surface area (Å²) in [5, 5.41) is 0. The van der Waals surface area contributed by atoms with E-state index < -0.39 is 5.60 Å². The molecule has 0 N–H and O–H groups in total. The molecule has 5 aliphatic rings. The van der Waals surface area contributed by atoms with Gasteiger partial charge < -0.3 is 14.2 Å². The van der Waals surface area contributed by atoms with Crippen LogP contribution in [0.25, 0.3) is 0 Å². The van der Waals surface area contributed by atoms with E-state index in [1.165, 1.54) is 18.6 Å². The predicted molar refractivity (Wildman–Crippen MR) is 144 cm³/mol. The SMILES string of the molecule is CC(=O)O[C@H]1CC2=C(C=C[C@@H]3C(=C2)C=CC(=O)OC3(C)C)[C@]2(C)CC[C@H]([C@H](C)[C@@H]3CC=C(C)C(=O)O3)[C@@]12C. The molecule has 0 aromatic heterocycles. The summed E-state index contributed by atoms with van der Waals surface area (Å²) in [6.07, 6.45) is 14.6. The highest BCUT2D eigenvalue weighted by Crippen LogP contribution is 2.68. The summed E-state index contributed by atoms with van der Waals surface area (Å²) in [5.74, 6) is -0.650. The molecule has 0 unspecified atom stereocenters. The maximum Gasteiger partial charge on any atom is 0.333 e. The van der Waals surface area contributed by atoms with Gasteiger partial charge in [0.1, 0.15) is 17.8 Å². The lowest BCUT2D eigenvalue weighted by Gasteiger charge is -2.55. The minimum atomic E-state index is -0.694. The second-order valence-corrected chi connectivity index (χ2v) is 12.8. The highest BCUT2D eigenvalue weighted by Gasteiger charge is 2.64. The minimum Gasteiger partial charge on any atom is -0.462 e. The van der Waals surface area contributed by atoms with Crippen molar-refractivity contribution in [2.45, 2.75) is 92.0 Å². The average molecular weight is 521 g/mol. The fourth-order valence-electron chi connectivity index (χ4n) is 8.05. The number of cyclic esters (lactones) is 2. The molecule has 2 heterocycles. The number of carbonyl (C=O) groups is 3. The number of allylic oxidation sites excluding steroid dienone is 4. The van der Waals surface area contributed by atoms with Crippen molar-refractivity contribution in [1.82, 2.24) is 0 Å². The second-order valence-electron chi connectivity index (χ2n) is 12.8. The van der Waals surface area contributed by atoms with E-state index in [0.29, 0.717) is 18.4 Å². The Labute approximate surface area is 225 Å². The third-order valence-corrected chi connectivity index (χ3v) is 10.4. The predicted octanol–water partition coefficient (Wildman–Crippen LogP) is 5.94. The Morgan fingerprint density at radius 2 is 1.87 bits per heavy atom. The Kier molecular flexibility index (Phi) is 6.39. The monoisotopic (exact) mass is 520 g/mol. The molecule has 38 heavy (non-hydrogen) atoms. The van der Waals surface area contributed by atoms with Crippen LogP contribution >= 0.6 is 0 Å². The summed E-state index contributed by atoms with van der Waals surface area (Å²) < 4.78 is 17.8. The zero-order valence-corrected chi connectivity index (χ0v) is 23.6. The summed E-state index contributed by atoms with van der Waals surface area (Å²) in [5.41, 5.74) is 2.80.